The second-order valence-electron chi connectivity index (χ2n) is 20.0. The van der Waals surface area contributed by atoms with E-state index >= 15 is 0 Å². The van der Waals surface area contributed by atoms with Gasteiger partial charge in [-0.2, -0.15) is 0 Å². The van der Waals surface area contributed by atoms with Crippen molar-refractivity contribution >= 4 is 5.91 Å². The summed E-state index contributed by atoms with van der Waals surface area (Å²) in [5, 5.41) is 43.9. The fourth-order valence-corrected chi connectivity index (χ4v) is 9.11. The molecule has 1 amide bonds. The van der Waals surface area contributed by atoms with Crippen molar-refractivity contribution in [1.29, 1.82) is 0 Å². The average molecular weight is 905 g/mol. The van der Waals surface area contributed by atoms with E-state index in [1.807, 2.05) is 0 Å². The molecule has 4 unspecified atom stereocenters. The van der Waals surface area contributed by atoms with Crippen LogP contribution in [-0.4, -0.2) is 57.3 Å². The van der Waals surface area contributed by atoms with Crippen LogP contribution >= 0.6 is 0 Å². The van der Waals surface area contributed by atoms with Gasteiger partial charge in [0.1, 0.15) is 12.2 Å². The lowest BCUT2D eigenvalue weighted by Gasteiger charge is -2.27. The quantitative estimate of drug-likeness (QED) is 0.0308. The number of aliphatic hydroxyl groups is 4. The molecule has 4 atom stereocenters. The van der Waals surface area contributed by atoms with Gasteiger partial charge >= 0.3 is 0 Å². The maximum absolute atomic E-state index is 12.6. The first-order valence-corrected chi connectivity index (χ1v) is 28.7. The number of carbonyl (C=O) groups excluding carboxylic acids is 1. The van der Waals surface area contributed by atoms with E-state index in [4.69, 9.17) is 0 Å². The number of nitrogens with one attached hydrogen (secondary N) is 1. The Hall–Kier alpha value is -1.21. The predicted octanol–water partition coefficient (Wildman–Crippen LogP) is 16.6. The topological polar surface area (TPSA) is 110 Å². The van der Waals surface area contributed by atoms with E-state index in [0.29, 0.717) is 12.8 Å². The van der Waals surface area contributed by atoms with Crippen LogP contribution in [-0.2, 0) is 4.79 Å². The molecule has 0 aromatic heterocycles. The van der Waals surface area contributed by atoms with Crippen molar-refractivity contribution in [3.05, 3.63) is 24.3 Å². The van der Waals surface area contributed by atoms with Gasteiger partial charge in [0.2, 0.25) is 5.91 Å². The van der Waals surface area contributed by atoms with Gasteiger partial charge in [-0.15, -0.1) is 0 Å². The molecule has 0 heterocycles. The van der Waals surface area contributed by atoms with Gasteiger partial charge < -0.3 is 25.7 Å². The highest BCUT2D eigenvalue weighted by molar-refractivity contribution is 5.80. The first-order valence-electron chi connectivity index (χ1n) is 28.7. The number of amides is 1. The standard InChI is InChI=1S/C58H113NO5/c1-3-5-7-9-11-13-15-17-19-21-22-23-24-25-26-27-28-29-30-31-32-33-34-35-36-38-39-41-43-45-47-49-51-55(61)57(63)54(53-60)59-58(64)56(62)52-50-48-46-44-42-40-37-20-18-16-14-12-10-8-6-4-2/h18,20,43,45,54-57,60-63H,3-17,19,21-42,44,46-53H2,1-2H3,(H,59,64)/b20-18-,45-43+. The number of aliphatic hydroxyl groups excluding tert-OH is 4. The van der Waals surface area contributed by atoms with Gasteiger partial charge in [0.25, 0.3) is 0 Å². The molecule has 0 aliphatic rings. The van der Waals surface area contributed by atoms with Crippen molar-refractivity contribution in [2.24, 2.45) is 0 Å². The number of hydrogen-bond acceptors (Lipinski definition) is 5. The molecule has 380 valence electrons. The molecule has 64 heavy (non-hydrogen) atoms. The Kier molecular flexibility index (Phi) is 51.8. The molecule has 0 spiro atoms. The predicted molar refractivity (Wildman–Crippen MR) is 279 cm³/mol. The number of carbonyl (C=O) groups is 1. The molecule has 0 aromatic rings. The summed E-state index contributed by atoms with van der Waals surface area (Å²) >= 11 is 0. The van der Waals surface area contributed by atoms with Gasteiger partial charge in [-0.3, -0.25) is 4.79 Å². The third-order valence-electron chi connectivity index (χ3n) is 13.6. The van der Waals surface area contributed by atoms with Crippen LogP contribution in [0.15, 0.2) is 24.3 Å². The zero-order valence-electron chi connectivity index (χ0n) is 43.0. The summed E-state index contributed by atoms with van der Waals surface area (Å²) in [5.41, 5.74) is 0. The molecule has 6 heteroatoms. The largest absolute Gasteiger partial charge is 0.394 e. The lowest BCUT2D eigenvalue weighted by atomic mass is 10.00. The molecule has 5 N–H and O–H groups in total. The average Bonchev–Trinajstić information content (AvgIpc) is 3.30. The van der Waals surface area contributed by atoms with Crippen LogP contribution in [0.4, 0.5) is 0 Å². The second-order valence-corrected chi connectivity index (χ2v) is 20.0. The van der Waals surface area contributed by atoms with E-state index < -0.39 is 36.9 Å². The van der Waals surface area contributed by atoms with Crippen molar-refractivity contribution in [1.82, 2.24) is 5.32 Å². The van der Waals surface area contributed by atoms with Gasteiger partial charge in [-0.1, -0.05) is 269 Å². The Morgan fingerprint density at radius 1 is 0.375 bits per heavy atom. The molecule has 0 aliphatic heterocycles. The van der Waals surface area contributed by atoms with Gasteiger partial charge in [0, 0.05) is 0 Å². The molecule has 0 saturated carbocycles. The number of rotatable bonds is 53. The molecule has 0 rings (SSSR count). The highest BCUT2D eigenvalue weighted by atomic mass is 16.3. The van der Waals surface area contributed by atoms with E-state index in [9.17, 15) is 25.2 Å². The lowest BCUT2D eigenvalue weighted by Crippen LogP contribution is -2.53. The minimum Gasteiger partial charge on any atom is -0.394 e. The van der Waals surface area contributed by atoms with Crippen molar-refractivity contribution < 1.29 is 25.2 Å². The molecule has 0 bridgehead atoms. The monoisotopic (exact) mass is 904 g/mol. The van der Waals surface area contributed by atoms with Crippen LogP contribution < -0.4 is 5.32 Å². The zero-order chi connectivity index (χ0) is 46.7. The highest BCUT2D eigenvalue weighted by Gasteiger charge is 2.28. The van der Waals surface area contributed by atoms with Crippen molar-refractivity contribution in [2.75, 3.05) is 6.61 Å². The van der Waals surface area contributed by atoms with Crippen LogP contribution in [0.1, 0.15) is 309 Å². The highest BCUT2D eigenvalue weighted by Crippen LogP contribution is 2.18. The summed E-state index contributed by atoms with van der Waals surface area (Å²) in [4.78, 5) is 12.6. The van der Waals surface area contributed by atoms with Gasteiger partial charge in [-0.25, -0.2) is 0 Å². The molecule has 0 aromatic carbocycles. The molecule has 0 radical (unpaired) electrons. The summed E-state index contributed by atoms with van der Waals surface area (Å²) in [7, 11) is 0. The van der Waals surface area contributed by atoms with E-state index in [1.54, 1.807) is 0 Å². The van der Waals surface area contributed by atoms with E-state index in [2.05, 4.69) is 43.5 Å². The van der Waals surface area contributed by atoms with Gasteiger partial charge in [0.05, 0.1) is 18.8 Å². The Morgan fingerprint density at radius 3 is 0.938 bits per heavy atom. The number of allylic oxidation sites excluding steroid dienone is 4. The molecular weight excluding hydrogens is 791 g/mol. The van der Waals surface area contributed by atoms with Crippen LogP contribution in [0.3, 0.4) is 0 Å². The summed E-state index contributed by atoms with van der Waals surface area (Å²) in [5.74, 6) is -0.595. The summed E-state index contributed by atoms with van der Waals surface area (Å²) < 4.78 is 0. The third kappa shape index (κ3) is 45.9. The van der Waals surface area contributed by atoms with Crippen LogP contribution in [0, 0.1) is 0 Å². The lowest BCUT2D eigenvalue weighted by molar-refractivity contribution is -0.132. The van der Waals surface area contributed by atoms with E-state index in [1.165, 1.54) is 238 Å². The Balaban J connectivity index is 3.59. The van der Waals surface area contributed by atoms with Crippen molar-refractivity contribution in [3.63, 3.8) is 0 Å². The molecule has 6 nitrogen and oxygen atoms in total. The van der Waals surface area contributed by atoms with E-state index in [-0.39, 0.29) is 0 Å². The molecule has 0 fully saturated rings. The van der Waals surface area contributed by atoms with Crippen LogP contribution in [0.5, 0.6) is 0 Å². The number of hydrogen-bond donors (Lipinski definition) is 5. The fraction of sp³-hybridized carbons (Fsp3) is 0.914. The van der Waals surface area contributed by atoms with Crippen LogP contribution in [0.25, 0.3) is 0 Å². The number of unbranched alkanes of at least 4 members (excludes halogenated alkanes) is 40. The maximum Gasteiger partial charge on any atom is 0.249 e. The smallest absolute Gasteiger partial charge is 0.249 e. The van der Waals surface area contributed by atoms with Crippen LogP contribution in [0.2, 0.25) is 0 Å². The Bertz CT molecular complexity index is 970. The SMILES string of the molecule is CCCCCCCC/C=C\CCCCCCCCC(O)C(=O)NC(CO)C(O)C(O)CCC/C=C/CCCCCCCCCCCCCCCCCCCCCCCCCCCCC. The summed E-state index contributed by atoms with van der Waals surface area (Å²) in [6, 6.07) is -1.00. The van der Waals surface area contributed by atoms with Gasteiger partial charge in [0.15, 0.2) is 0 Å². The van der Waals surface area contributed by atoms with Crippen molar-refractivity contribution in [2.45, 2.75) is 334 Å². The minimum absolute atomic E-state index is 0.357. The first kappa shape index (κ1) is 62.8. The summed E-state index contributed by atoms with van der Waals surface area (Å²) in [6.45, 7) is 4.06. The van der Waals surface area contributed by atoms with Crippen molar-refractivity contribution in [3.8, 4) is 0 Å². The molecule has 0 saturated heterocycles. The molecule has 0 aliphatic carbocycles. The van der Waals surface area contributed by atoms with E-state index in [0.717, 1.165) is 44.9 Å². The summed E-state index contributed by atoms with van der Waals surface area (Å²) in [6.07, 6.45) is 64.1. The Morgan fingerprint density at radius 2 is 0.641 bits per heavy atom. The maximum atomic E-state index is 12.6. The Labute approximate surface area is 399 Å². The molecular formula is C58H113NO5. The zero-order valence-corrected chi connectivity index (χ0v) is 43.0. The van der Waals surface area contributed by atoms with Gasteiger partial charge in [-0.05, 0) is 64.2 Å². The first-order chi connectivity index (χ1) is 31.5. The third-order valence-corrected chi connectivity index (χ3v) is 13.6. The fourth-order valence-electron chi connectivity index (χ4n) is 9.11. The minimum atomic E-state index is -1.28. The normalized spacial score (nSPS) is 13.9. The second kappa shape index (κ2) is 52.8.